The van der Waals surface area contributed by atoms with E-state index in [1.807, 2.05) is 0 Å². The Balaban J connectivity index is 3.02. The Morgan fingerprint density at radius 1 is 1.24 bits per heavy atom. The maximum absolute atomic E-state index is 12.0. The molecule has 0 aromatic carbocycles. The summed E-state index contributed by atoms with van der Waals surface area (Å²) >= 11 is 0. The van der Waals surface area contributed by atoms with Crippen molar-refractivity contribution in [2.24, 2.45) is 13.0 Å². The van der Waals surface area contributed by atoms with E-state index < -0.39 is 11.7 Å². The molecular formula is C12H16N2O3. The van der Waals surface area contributed by atoms with Gasteiger partial charge in [0.15, 0.2) is 11.6 Å². The van der Waals surface area contributed by atoms with E-state index in [4.69, 9.17) is 0 Å². The second-order valence-electron chi connectivity index (χ2n) is 3.81. The first-order valence-electron chi connectivity index (χ1n) is 5.60. The minimum atomic E-state index is -1.18. The number of rotatable bonds is 6. The first kappa shape index (κ1) is 13.3. The highest BCUT2D eigenvalue weighted by molar-refractivity contribution is 6.23. The van der Waals surface area contributed by atoms with Crippen molar-refractivity contribution >= 4 is 17.3 Å². The van der Waals surface area contributed by atoms with E-state index in [-0.39, 0.29) is 30.1 Å². The van der Waals surface area contributed by atoms with Gasteiger partial charge in [0.05, 0.1) is 0 Å². The predicted octanol–water partition coefficient (Wildman–Crippen LogP) is 1.18. The third kappa shape index (κ3) is 2.87. The van der Waals surface area contributed by atoms with Crippen molar-refractivity contribution in [1.82, 2.24) is 9.78 Å². The molecule has 0 unspecified atom stereocenters. The molecule has 0 amide bonds. The molecule has 1 rings (SSSR count). The van der Waals surface area contributed by atoms with Gasteiger partial charge >= 0.3 is 0 Å². The molecule has 0 saturated carbocycles. The number of hydrogen-bond donors (Lipinski definition) is 0. The Hall–Kier alpha value is -1.78. The molecule has 0 aliphatic rings. The van der Waals surface area contributed by atoms with Gasteiger partial charge in [-0.2, -0.15) is 5.10 Å². The number of nitrogens with zero attached hydrogens (tertiary/aromatic N) is 2. The predicted molar refractivity (Wildman–Crippen MR) is 61.6 cm³/mol. The lowest BCUT2D eigenvalue weighted by molar-refractivity contribution is -0.130. The van der Waals surface area contributed by atoms with Crippen molar-refractivity contribution < 1.29 is 14.4 Å². The zero-order valence-corrected chi connectivity index (χ0v) is 10.3. The summed E-state index contributed by atoms with van der Waals surface area (Å²) < 4.78 is 1.47. The molecule has 0 radical (unpaired) electrons. The zero-order chi connectivity index (χ0) is 13.0. The highest BCUT2D eigenvalue weighted by atomic mass is 16.2. The van der Waals surface area contributed by atoms with Crippen LogP contribution in [0.2, 0.25) is 0 Å². The smallest absolute Gasteiger partial charge is 0.200 e. The van der Waals surface area contributed by atoms with Crippen molar-refractivity contribution in [2.45, 2.75) is 26.7 Å². The van der Waals surface area contributed by atoms with Crippen molar-refractivity contribution in [3.63, 3.8) is 0 Å². The molecule has 92 valence electrons. The van der Waals surface area contributed by atoms with E-state index in [1.165, 1.54) is 10.7 Å². The Bertz CT molecular complexity index is 432. The number of aryl methyl sites for hydroxylation is 1. The average Bonchev–Trinajstić information content (AvgIpc) is 2.75. The zero-order valence-electron chi connectivity index (χ0n) is 10.3. The van der Waals surface area contributed by atoms with Crippen LogP contribution < -0.4 is 0 Å². The van der Waals surface area contributed by atoms with E-state index in [0.29, 0.717) is 0 Å². The molecule has 1 aromatic heterocycles. The standard InChI is InChI=1S/C12H16N2O3/c1-4-9(15)11(10(16)5-2)12(17)8-6-7-14(3)13-8/h6-7,11H,4-5H2,1-3H3. The minimum absolute atomic E-state index is 0.168. The quantitative estimate of drug-likeness (QED) is 0.549. The molecule has 0 aliphatic carbocycles. The molecule has 5 nitrogen and oxygen atoms in total. The fourth-order valence-corrected chi connectivity index (χ4v) is 1.57. The molecule has 0 spiro atoms. The van der Waals surface area contributed by atoms with Gasteiger partial charge < -0.3 is 0 Å². The summed E-state index contributed by atoms with van der Waals surface area (Å²) in [5, 5.41) is 3.93. The van der Waals surface area contributed by atoms with Crippen LogP contribution in [0.25, 0.3) is 0 Å². The summed E-state index contributed by atoms with van der Waals surface area (Å²) in [4.78, 5) is 35.4. The normalized spacial score (nSPS) is 10.6. The first-order chi connectivity index (χ1) is 8.01. The molecule has 1 aromatic rings. The lowest BCUT2D eigenvalue weighted by Crippen LogP contribution is -2.31. The average molecular weight is 236 g/mol. The van der Waals surface area contributed by atoms with Gasteiger partial charge in [-0.25, -0.2) is 0 Å². The molecule has 0 N–H and O–H groups in total. The van der Waals surface area contributed by atoms with Gasteiger partial charge in [-0.1, -0.05) is 13.8 Å². The van der Waals surface area contributed by atoms with Crippen LogP contribution in [0.3, 0.4) is 0 Å². The minimum Gasteiger partial charge on any atom is -0.298 e. The van der Waals surface area contributed by atoms with Gasteiger partial charge in [-0.3, -0.25) is 19.1 Å². The van der Waals surface area contributed by atoms with E-state index in [0.717, 1.165) is 0 Å². The highest BCUT2D eigenvalue weighted by Gasteiger charge is 2.33. The number of Topliss-reactive ketones (excluding diaryl/α,β-unsaturated/α-hetero) is 3. The largest absolute Gasteiger partial charge is 0.298 e. The molecule has 1 heterocycles. The van der Waals surface area contributed by atoms with Crippen LogP contribution in [0.1, 0.15) is 37.2 Å². The SMILES string of the molecule is CCC(=O)C(C(=O)CC)C(=O)c1ccn(C)n1. The topological polar surface area (TPSA) is 69.0 Å². The van der Waals surface area contributed by atoms with E-state index in [1.54, 1.807) is 27.1 Å². The Labute approximate surface area is 99.8 Å². The fourth-order valence-electron chi connectivity index (χ4n) is 1.57. The number of hydrogen-bond acceptors (Lipinski definition) is 4. The summed E-state index contributed by atoms with van der Waals surface area (Å²) in [6, 6.07) is 1.52. The van der Waals surface area contributed by atoms with Crippen LogP contribution in [0, 0.1) is 5.92 Å². The number of carbonyl (C=O) groups is 3. The summed E-state index contributed by atoms with van der Waals surface area (Å²) in [7, 11) is 1.68. The molecule has 5 heteroatoms. The summed E-state index contributed by atoms with van der Waals surface area (Å²) in [5.41, 5.74) is 0.168. The van der Waals surface area contributed by atoms with Gasteiger partial charge in [-0.05, 0) is 6.07 Å². The summed E-state index contributed by atoms with van der Waals surface area (Å²) in [6.45, 7) is 3.29. The molecule has 0 aliphatic heterocycles. The lowest BCUT2D eigenvalue weighted by Gasteiger charge is -2.10. The monoisotopic (exact) mass is 236 g/mol. The summed E-state index contributed by atoms with van der Waals surface area (Å²) in [5.74, 6) is -2.36. The van der Waals surface area contributed by atoms with Crippen LogP contribution in [0.15, 0.2) is 12.3 Å². The van der Waals surface area contributed by atoms with Gasteiger partial charge in [0, 0.05) is 26.1 Å². The maximum Gasteiger partial charge on any atom is 0.200 e. The van der Waals surface area contributed by atoms with Crippen LogP contribution in [0.5, 0.6) is 0 Å². The fraction of sp³-hybridized carbons (Fsp3) is 0.500. The van der Waals surface area contributed by atoms with Crippen LogP contribution in [-0.2, 0) is 16.6 Å². The van der Waals surface area contributed by atoms with Gasteiger partial charge in [-0.15, -0.1) is 0 Å². The van der Waals surface area contributed by atoms with Gasteiger partial charge in [0.1, 0.15) is 11.6 Å². The highest BCUT2D eigenvalue weighted by Crippen LogP contribution is 2.13. The van der Waals surface area contributed by atoms with Crippen LogP contribution >= 0.6 is 0 Å². The van der Waals surface area contributed by atoms with Crippen molar-refractivity contribution in [3.05, 3.63) is 18.0 Å². The molecule has 0 saturated heterocycles. The maximum atomic E-state index is 12.0. The number of ketones is 3. The van der Waals surface area contributed by atoms with Crippen molar-refractivity contribution in [1.29, 1.82) is 0 Å². The van der Waals surface area contributed by atoms with E-state index in [9.17, 15) is 14.4 Å². The molecule has 0 fully saturated rings. The second-order valence-corrected chi connectivity index (χ2v) is 3.81. The van der Waals surface area contributed by atoms with Crippen molar-refractivity contribution in [3.8, 4) is 0 Å². The van der Waals surface area contributed by atoms with Crippen LogP contribution in [-0.4, -0.2) is 27.1 Å². The van der Waals surface area contributed by atoms with Gasteiger partial charge in [0.2, 0.25) is 5.78 Å². The lowest BCUT2D eigenvalue weighted by atomic mass is 9.90. The molecule has 0 atom stereocenters. The first-order valence-corrected chi connectivity index (χ1v) is 5.60. The Morgan fingerprint density at radius 2 is 1.76 bits per heavy atom. The number of aromatic nitrogens is 2. The molecule has 17 heavy (non-hydrogen) atoms. The molecular weight excluding hydrogens is 220 g/mol. The van der Waals surface area contributed by atoms with Gasteiger partial charge in [0.25, 0.3) is 0 Å². The van der Waals surface area contributed by atoms with Crippen LogP contribution in [0.4, 0.5) is 0 Å². The van der Waals surface area contributed by atoms with E-state index >= 15 is 0 Å². The second kappa shape index (κ2) is 5.52. The third-order valence-electron chi connectivity index (χ3n) is 2.57. The summed E-state index contributed by atoms with van der Waals surface area (Å²) in [6.07, 6.45) is 1.96. The molecule has 0 bridgehead atoms. The number of carbonyl (C=O) groups excluding carboxylic acids is 3. The third-order valence-corrected chi connectivity index (χ3v) is 2.57. The Kier molecular flexibility index (Phi) is 4.31. The van der Waals surface area contributed by atoms with Crippen molar-refractivity contribution in [2.75, 3.05) is 0 Å². The Morgan fingerprint density at radius 3 is 2.12 bits per heavy atom. The van der Waals surface area contributed by atoms with E-state index in [2.05, 4.69) is 5.10 Å².